The molecule has 1 heterocycles. The third-order valence-corrected chi connectivity index (χ3v) is 9.10. The number of hydrogen-bond donors (Lipinski definition) is 3. The summed E-state index contributed by atoms with van der Waals surface area (Å²) in [7, 11) is 0. The number of halogens is 1. The summed E-state index contributed by atoms with van der Waals surface area (Å²) in [5.74, 6) is 1.72. The molecule has 3 aromatic rings. The Morgan fingerprint density at radius 1 is 1.11 bits per heavy atom. The number of anilines is 1. The molecule has 1 aromatic heterocycles. The number of aromatic nitrogens is 2. The first kappa shape index (κ1) is 24.9. The predicted octanol–water partition coefficient (Wildman–Crippen LogP) is 5.17. The summed E-state index contributed by atoms with van der Waals surface area (Å²) in [6.45, 7) is 1.41. The van der Waals surface area contributed by atoms with Crippen molar-refractivity contribution in [3.8, 4) is 11.6 Å². The van der Waals surface area contributed by atoms with Crippen LogP contribution in [0.5, 0.6) is 5.88 Å². The maximum absolute atomic E-state index is 12.8. The summed E-state index contributed by atoms with van der Waals surface area (Å²) in [6, 6.07) is 12.8. The Labute approximate surface area is 228 Å². The van der Waals surface area contributed by atoms with Gasteiger partial charge in [-0.2, -0.15) is 0 Å². The molecule has 9 heteroatoms. The van der Waals surface area contributed by atoms with E-state index < -0.39 is 17.1 Å². The lowest BCUT2D eigenvalue weighted by Gasteiger charge is -2.57. The third kappa shape index (κ3) is 4.42. The Morgan fingerprint density at radius 3 is 2.42 bits per heavy atom. The van der Waals surface area contributed by atoms with Crippen LogP contribution in [-0.2, 0) is 10.2 Å². The van der Waals surface area contributed by atoms with Crippen molar-refractivity contribution in [1.29, 1.82) is 0 Å². The van der Waals surface area contributed by atoms with Gasteiger partial charge in [0.15, 0.2) is 0 Å². The van der Waals surface area contributed by atoms with Crippen molar-refractivity contribution in [2.45, 2.75) is 50.9 Å². The average Bonchev–Trinajstić information content (AvgIpc) is 2.83. The van der Waals surface area contributed by atoms with Crippen LogP contribution in [0.3, 0.4) is 0 Å². The van der Waals surface area contributed by atoms with Crippen LogP contribution in [0.2, 0.25) is 0 Å². The van der Waals surface area contributed by atoms with E-state index in [0.29, 0.717) is 21.5 Å². The number of aromatic hydroxyl groups is 1. The second-order valence-electron chi connectivity index (χ2n) is 11.2. The highest BCUT2D eigenvalue weighted by molar-refractivity contribution is 9.10. The second-order valence-corrected chi connectivity index (χ2v) is 12.0. The molecule has 2 aromatic carbocycles. The van der Waals surface area contributed by atoms with E-state index in [4.69, 9.17) is 0 Å². The van der Waals surface area contributed by atoms with Gasteiger partial charge in [0.25, 0.3) is 5.56 Å². The van der Waals surface area contributed by atoms with E-state index in [1.165, 1.54) is 57.2 Å². The number of carbonyl (C=O) groups is 1. The highest BCUT2D eigenvalue weighted by Crippen LogP contribution is 2.61. The molecule has 196 valence electrons. The molecule has 0 unspecified atom stereocenters. The lowest BCUT2D eigenvalue weighted by Crippen LogP contribution is -2.48. The minimum absolute atomic E-state index is 0.147. The van der Waals surface area contributed by atoms with E-state index in [1.54, 1.807) is 24.3 Å². The molecule has 4 fully saturated rings. The first-order valence-corrected chi connectivity index (χ1v) is 13.8. The minimum Gasteiger partial charge on any atom is -0.493 e. The van der Waals surface area contributed by atoms with Crippen molar-refractivity contribution in [1.82, 2.24) is 9.55 Å². The van der Waals surface area contributed by atoms with Crippen molar-refractivity contribution in [2.75, 3.05) is 5.32 Å². The molecule has 38 heavy (non-hydrogen) atoms. The van der Waals surface area contributed by atoms with E-state index >= 15 is 0 Å². The minimum atomic E-state index is -0.744. The van der Waals surface area contributed by atoms with E-state index in [2.05, 4.69) is 43.4 Å². The summed E-state index contributed by atoms with van der Waals surface area (Å²) >= 11 is 3.65. The van der Waals surface area contributed by atoms with Crippen molar-refractivity contribution in [3.63, 3.8) is 0 Å². The summed E-state index contributed by atoms with van der Waals surface area (Å²) in [6.07, 6.45) is 8.97. The smallest absolute Gasteiger partial charge is 0.335 e. The van der Waals surface area contributed by atoms with Crippen LogP contribution in [-0.4, -0.2) is 26.8 Å². The summed E-state index contributed by atoms with van der Waals surface area (Å²) in [5.41, 5.74) is 1.31. The molecule has 4 aliphatic rings. The molecule has 0 radical (unpaired) electrons. The summed E-state index contributed by atoms with van der Waals surface area (Å²) < 4.78 is 1.77. The second kappa shape index (κ2) is 9.38. The van der Waals surface area contributed by atoms with Crippen LogP contribution in [0.4, 0.5) is 11.4 Å². The normalized spacial score (nSPS) is 25.7. The van der Waals surface area contributed by atoms with Crippen LogP contribution in [0.1, 0.15) is 56.6 Å². The SMILES string of the molecule is CC(=O)Nc1cccc(N=Cc2c(O)n(-c3ccc(C45CC6CC(CC(C6)C4)C5)cc3Br)c(=O)[nH]c2=O)c1. The van der Waals surface area contributed by atoms with Gasteiger partial charge >= 0.3 is 5.69 Å². The molecule has 4 aliphatic carbocycles. The number of aromatic amines is 1. The molecule has 0 aliphatic heterocycles. The van der Waals surface area contributed by atoms with Crippen LogP contribution in [0.25, 0.3) is 5.69 Å². The molecular weight excluding hydrogens is 548 g/mol. The lowest BCUT2D eigenvalue weighted by atomic mass is 9.48. The Kier molecular flexibility index (Phi) is 6.13. The van der Waals surface area contributed by atoms with Gasteiger partial charge in [-0.3, -0.25) is 19.6 Å². The lowest BCUT2D eigenvalue weighted by molar-refractivity contribution is -0.114. The fourth-order valence-electron chi connectivity index (χ4n) is 7.37. The zero-order valence-electron chi connectivity index (χ0n) is 21.0. The van der Waals surface area contributed by atoms with E-state index in [9.17, 15) is 19.5 Å². The van der Waals surface area contributed by atoms with Gasteiger partial charge in [0.2, 0.25) is 11.8 Å². The quantitative estimate of drug-likeness (QED) is 0.363. The first-order valence-electron chi connectivity index (χ1n) is 13.0. The van der Waals surface area contributed by atoms with Crippen LogP contribution in [0, 0.1) is 17.8 Å². The number of benzene rings is 2. The van der Waals surface area contributed by atoms with Gasteiger partial charge in [0.1, 0.15) is 5.56 Å². The standard InChI is InChI=1S/C29H29BrN4O4/c1-16(35)32-22-4-2-3-21(11-22)31-15-23-26(36)33-28(38)34(27(23)37)25-6-5-20(10-24(25)30)29-12-17-7-18(13-29)9-19(8-17)14-29/h2-6,10-11,15,17-19,37H,7-9,12-14H2,1H3,(H,32,35)(H,33,36,38). The van der Waals surface area contributed by atoms with E-state index in [1.807, 2.05) is 6.07 Å². The Bertz CT molecular complexity index is 1550. The van der Waals surface area contributed by atoms with Gasteiger partial charge in [0.05, 0.1) is 11.4 Å². The number of aliphatic imine (C=N–C) groups is 1. The Hall–Kier alpha value is -3.46. The van der Waals surface area contributed by atoms with E-state index in [0.717, 1.165) is 22.3 Å². The molecule has 0 spiro atoms. The maximum Gasteiger partial charge on any atom is 0.335 e. The highest BCUT2D eigenvalue weighted by Gasteiger charge is 2.51. The van der Waals surface area contributed by atoms with E-state index in [-0.39, 0.29) is 16.9 Å². The molecule has 1 amide bonds. The molecule has 3 N–H and O–H groups in total. The molecule has 4 saturated carbocycles. The fourth-order valence-corrected chi connectivity index (χ4v) is 7.92. The topological polar surface area (TPSA) is 117 Å². The number of nitrogens with one attached hydrogen (secondary N) is 2. The fraction of sp³-hybridized carbons (Fsp3) is 0.379. The van der Waals surface area contributed by atoms with Crippen molar-refractivity contribution in [2.24, 2.45) is 22.7 Å². The van der Waals surface area contributed by atoms with Crippen LogP contribution < -0.4 is 16.6 Å². The van der Waals surface area contributed by atoms with Gasteiger partial charge in [-0.1, -0.05) is 12.1 Å². The van der Waals surface area contributed by atoms with Gasteiger partial charge in [-0.15, -0.1) is 0 Å². The number of amides is 1. The monoisotopic (exact) mass is 576 g/mol. The summed E-state index contributed by atoms with van der Waals surface area (Å²) in [5, 5.41) is 13.7. The molecule has 0 saturated heterocycles. The molecule has 7 rings (SSSR count). The average molecular weight is 577 g/mol. The van der Waals surface area contributed by atoms with Gasteiger partial charge < -0.3 is 10.4 Å². The number of nitrogens with zero attached hydrogens (tertiary/aromatic N) is 2. The predicted molar refractivity (Wildman–Crippen MR) is 150 cm³/mol. The molecule has 4 bridgehead atoms. The summed E-state index contributed by atoms with van der Waals surface area (Å²) in [4.78, 5) is 43.3. The zero-order valence-corrected chi connectivity index (χ0v) is 22.6. The highest BCUT2D eigenvalue weighted by atomic mass is 79.9. The zero-order chi connectivity index (χ0) is 26.6. The Morgan fingerprint density at radius 2 is 1.79 bits per heavy atom. The van der Waals surface area contributed by atoms with Crippen LogP contribution in [0.15, 0.2) is 61.5 Å². The maximum atomic E-state index is 12.8. The molecular formula is C29H29BrN4O4. The molecule has 0 atom stereocenters. The van der Waals surface area contributed by atoms with Crippen molar-refractivity contribution >= 4 is 39.4 Å². The van der Waals surface area contributed by atoms with Crippen molar-refractivity contribution < 1.29 is 9.90 Å². The number of hydrogen-bond acceptors (Lipinski definition) is 5. The Balaban J connectivity index is 1.35. The van der Waals surface area contributed by atoms with Crippen molar-refractivity contribution in [3.05, 3.63) is 78.9 Å². The van der Waals surface area contributed by atoms with Crippen LogP contribution >= 0.6 is 15.9 Å². The number of carbonyl (C=O) groups excluding carboxylic acids is 1. The van der Waals surface area contributed by atoms with Gasteiger partial charge in [0, 0.05) is 23.3 Å². The number of H-pyrrole nitrogens is 1. The number of rotatable bonds is 5. The molecule has 8 nitrogen and oxygen atoms in total. The largest absolute Gasteiger partial charge is 0.493 e. The third-order valence-electron chi connectivity index (χ3n) is 8.47. The first-order chi connectivity index (χ1) is 18.2. The van der Waals surface area contributed by atoms with Gasteiger partial charge in [-0.25, -0.2) is 9.36 Å². The van der Waals surface area contributed by atoms with Gasteiger partial charge in [-0.05, 0) is 114 Å².